The van der Waals surface area contributed by atoms with E-state index in [-0.39, 0.29) is 0 Å². The highest BCUT2D eigenvalue weighted by Gasteiger charge is 2.20. The van der Waals surface area contributed by atoms with Crippen LogP contribution in [0.25, 0.3) is 33.2 Å². The van der Waals surface area contributed by atoms with Gasteiger partial charge in [-0.1, -0.05) is 12.1 Å². The van der Waals surface area contributed by atoms with Crippen LogP contribution in [0.15, 0.2) is 42.9 Å². The molecule has 0 bridgehead atoms. The van der Waals surface area contributed by atoms with Crippen LogP contribution in [-0.4, -0.2) is 44.2 Å². The van der Waals surface area contributed by atoms with Crippen molar-refractivity contribution in [3.05, 3.63) is 42.9 Å². The maximum absolute atomic E-state index is 6.19. The average molecular weight is 378 g/mol. The van der Waals surface area contributed by atoms with Gasteiger partial charge in [0.2, 0.25) is 0 Å². The van der Waals surface area contributed by atoms with Gasteiger partial charge in [0.05, 0.1) is 17.4 Å². The summed E-state index contributed by atoms with van der Waals surface area (Å²) >= 11 is 0. The number of nitrogens with two attached hydrogens (primary N) is 1. The molecule has 28 heavy (non-hydrogen) atoms. The molecule has 0 atom stereocenters. The Morgan fingerprint density at radius 3 is 2.68 bits per heavy atom. The first-order chi connectivity index (χ1) is 13.7. The molecule has 0 aliphatic rings. The summed E-state index contributed by atoms with van der Waals surface area (Å²) in [5, 5.41) is 6.53. The summed E-state index contributed by atoms with van der Waals surface area (Å²) in [6.07, 6.45) is 2.81. The van der Waals surface area contributed by atoms with Crippen molar-refractivity contribution in [2.24, 2.45) is 0 Å². The Bertz CT molecular complexity index is 1100. The Morgan fingerprint density at radius 2 is 1.89 bits per heavy atom. The van der Waals surface area contributed by atoms with Gasteiger partial charge in [0.25, 0.3) is 0 Å². The normalized spacial score (nSPS) is 11.7. The molecule has 4 aromatic rings. The number of hydrogen-bond acceptors (Lipinski definition) is 7. The Morgan fingerprint density at radius 1 is 1.07 bits per heavy atom. The number of benzene rings is 1. The zero-order valence-corrected chi connectivity index (χ0v) is 15.9. The van der Waals surface area contributed by atoms with Gasteiger partial charge in [0, 0.05) is 30.4 Å². The number of nitrogens with zero attached hydrogens (tertiary/aromatic N) is 5. The van der Waals surface area contributed by atoms with Crippen molar-refractivity contribution in [2.75, 3.05) is 18.9 Å². The number of pyridine rings is 1. The third-order valence-corrected chi connectivity index (χ3v) is 4.46. The van der Waals surface area contributed by atoms with Crippen molar-refractivity contribution in [3.63, 3.8) is 0 Å². The molecular weight excluding hydrogens is 356 g/mol. The van der Waals surface area contributed by atoms with E-state index >= 15 is 0 Å². The third kappa shape index (κ3) is 3.39. The lowest BCUT2D eigenvalue weighted by atomic mass is 10.1. The molecule has 1 aromatic carbocycles. The highest BCUT2D eigenvalue weighted by atomic mass is 16.7. The molecule has 144 valence electrons. The summed E-state index contributed by atoms with van der Waals surface area (Å²) in [6, 6.07) is 9.93. The molecule has 0 unspecified atom stereocenters. The fourth-order valence-electron chi connectivity index (χ4n) is 3.25. The van der Waals surface area contributed by atoms with E-state index in [9.17, 15) is 0 Å². The molecule has 8 nitrogen and oxygen atoms in total. The van der Waals surface area contributed by atoms with E-state index in [1.807, 2.05) is 44.2 Å². The van der Waals surface area contributed by atoms with E-state index in [4.69, 9.17) is 20.3 Å². The van der Waals surface area contributed by atoms with Crippen LogP contribution in [0.2, 0.25) is 0 Å². The van der Waals surface area contributed by atoms with Crippen molar-refractivity contribution in [3.8, 4) is 11.3 Å². The van der Waals surface area contributed by atoms with E-state index in [1.165, 1.54) is 6.33 Å². The predicted octanol–water partition coefficient (Wildman–Crippen LogP) is 3.02. The highest BCUT2D eigenvalue weighted by Crippen LogP contribution is 2.31. The lowest BCUT2D eigenvalue weighted by molar-refractivity contribution is -0.144. The van der Waals surface area contributed by atoms with Gasteiger partial charge in [-0.3, -0.25) is 4.98 Å². The molecule has 0 amide bonds. The van der Waals surface area contributed by atoms with E-state index in [0.29, 0.717) is 31.2 Å². The van der Waals surface area contributed by atoms with Crippen LogP contribution in [0, 0.1) is 0 Å². The molecule has 3 aromatic heterocycles. The molecule has 0 aliphatic heterocycles. The molecule has 0 saturated carbocycles. The summed E-state index contributed by atoms with van der Waals surface area (Å²) in [5.41, 5.74) is 9.42. The van der Waals surface area contributed by atoms with Crippen LogP contribution < -0.4 is 5.73 Å². The SMILES string of the molecule is CCOC(Cn1nc(-c2ccc3ncccc3c2)c2c(N)ncnc21)OCC. The van der Waals surface area contributed by atoms with Crippen LogP contribution in [0.3, 0.4) is 0 Å². The van der Waals surface area contributed by atoms with Gasteiger partial charge in [0.1, 0.15) is 17.8 Å². The second kappa shape index (κ2) is 7.87. The van der Waals surface area contributed by atoms with Crippen molar-refractivity contribution in [1.29, 1.82) is 0 Å². The number of hydrogen-bond donors (Lipinski definition) is 1. The highest BCUT2D eigenvalue weighted by molar-refractivity contribution is 5.99. The van der Waals surface area contributed by atoms with E-state index in [2.05, 4.69) is 15.0 Å². The van der Waals surface area contributed by atoms with Gasteiger partial charge in [-0.2, -0.15) is 5.10 Å². The van der Waals surface area contributed by atoms with Gasteiger partial charge in [-0.05, 0) is 32.0 Å². The number of fused-ring (bicyclic) bond motifs is 2. The number of anilines is 1. The molecule has 4 rings (SSSR count). The summed E-state index contributed by atoms with van der Waals surface area (Å²) < 4.78 is 13.1. The largest absolute Gasteiger partial charge is 0.383 e. The fourth-order valence-corrected chi connectivity index (χ4v) is 3.25. The molecule has 0 saturated heterocycles. The first-order valence-electron chi connectivity index (χ1n) is 9.26. The maximum Gasteiger partial charge on any atom is 0.177 e. The minimum atomic E-state index is -0.414. The van der Waals surface area contributed by atoms with E-state index in [0.717, 1.165) is 27.5 Å². The Balaban J connectivity index is 1.83. The molecule has 0 aliphatic carbocycles. The first kappa shape index (κ1) is 18.3. The first-order valence-corrected chi connectivity index (χ1v) is 9.26. The quantitative estimate of drug-likeness (QED) is 0.493. The maximum atomic E-state index is 6.19. The van der Waals surface area contributed by atoms with Crippen molar-refractivity contribution >= 4 is 27.8 Å². The minimum absolute atomic E-state index is 0.391. The summed E-state index contributed by atoms with van der Waals surface area (Å²) in [4.78, 5) is 12.9. The zero-order chi connectivity index (χ0) is 19.5. The monoisotopic (exact) mass is 378 g/mol. The van der Waals surface area contributed by atoms with Crippen molar-refractivity contribution in [1.82, 2.24) is 24.7 Å². The van der Waals surface area contributed by atoms with Crippen LogP contribution in [-0.2, 0) is 16.0 Å². The summed E-state index contributed by atoms with van der Waals surface area (Å²) in [6.45, 7) is 5.37. The number of nitrogen functional groups attached to an aromatic ring is 1. The third-order valence-electron chi connectivity index (χ3n) is 4.46. The summed E-state index contributed by atoms with van der Waals surface area (Å²) in [7, 11) is 0. The standard InChI is InChI=1S/C20H22N6O2/c1-3-27-16(28-4-2)11-26-20-17(19(21)23-12-24-20)18(25-26)14-7-8-15-13(10-14)6-5-9-22-15/h5-10,12,16H,3-4,11H2,1-2H3,(H2,21,23,24). The molecule has 0 spiro atoms. The van der Waals surface area contributed by atoms with Gasteiger partial charge >= 0.3 is 0 Å². The molecule has 0 radical (unpaired) electrons. The van der Waals surface area contributed by atoms with Gasteiger partial charge in [-0.15, -0.1) is 0 Å². The molecule has 3 heterocycles. The number of aromatic nitrogens is 5. The van der Waals surface area contributed by atoms with Gasteiger partial charge in [0.15, 0.2) is 11.9 Å². The molecular formula is C20H22N6O2. The number of rotatable bonds is 7. The lowest BCUT2D eigenvalue weighted by Gasteiger charge is -2.16. The van der Waals surface area contributed by atoms with Crippen LogP contribution in [0.4, 0.5) is 5.82 Å². The van der Waals surface area contributed by atoms with Crippen molar-refractivity contribution < 1.29 is 9.47 Å². The average Bonchev–Trinajstić information content (AvgIpc) is 3.08. The lowest BCUT2D eigenvalue weighted by Crippen LogP contribution is -2.24. The second-order valence-electron chi connectivity index (χ2n) is 6.24. The molecule has 2 N–H and O–H groups in total. The van der Waals surface area contributed by atoms with Gasteiger partial charge in [-0.25, -0.2) is 14.6 Å². The Labute approximate surface area is 162 Å². The Hall–Kier alpha value is -3.10. The van der Waals surface area contributed by atoms with Crippen LogP contribution in [0.1, 0.15) is 13.8 Å². The van der Waals surface area contributed by atoms with Crippen LogP contribution in [0.5, 0.6) is 0 Å². The number of ether oxygens (including phenoxy) is 2. The minimum Gasteiger partial charge on any atom is -0.383 e. The molecule has 8 heteroatoms. The molecule has 0 fully saturated rings. The Kier molecular flexibility index (Phi) is 5.14. The smallest absolute Gasteiger partial charge is 0.177 e. The summed E-state index contributed by atoms with van der Waals surface area (Å²) in [5.74, 6) is 0.391. The van der Waals surface area contributed by atoms with Gasteiger partial charge < -0.3 is 15.2 Å². The topological polar surface area (TPSA) is 101 Å². The van der Waals surface area contributed by atoms with Crippen LogP contribution >= 0.6 is 0 Å². The zero-order valence-electron chi connectivity index (χ0n) is 15.9. The second-order valence-corrected chi connectivity index (χ2v) is 6.24. The fraction of sp³-hybridized carbons (Fsp3) is 0.300. The van der Waals surface area contributed by atoms with Crippen molar-refractivity contribution in [2.45, 2.75) is 26.7 Å². The van der Waals surface area contributed by atoms with E-state index < -0.39 is 6.29 Å². The predicted molar refractivity (Wildman–Crippen MR) is 108 cm³/mol. The van der Waals surface area contributed by atoms with E-state index in [1.54, 1.807) is 10.9 Å².